The van der Waals surface area contributed by atoms with Crippen molar-refractivity contribution in [3.05, 3.63) is 29.3 Å². The van der Waals surface area contributed by atoms with E-state index in [0.29, 0.717) is 6.04 Å². The van der Waals surface area contributed by atoms with E-state index in [1.807, 2.05) is 7.05 Å². The monoisotopic (exact) mass is 235 g/mol. The van der Waals surface area contributed by atoms with Crippen molar-refractivity contribution in [1.29, 1.82) is 0 Å². The Labute approximate surface area is 105 Å². The van der Waals surface area contributed by atoms with Crippen LogP contribution in [0.4, 0.5) is 0 Å². The van der Waals surface area contributed by atoms with Gasteiger partial charge in [-0.05, 0) is 37.9 Å². The molecule has 0 amide bonds. The highest BCUT2D eigenvalue weighted by Gasteiger charge is 2.16. The standard InChI is InChI=1S/C15H25NO/c1-6-11(2)9-14(16-4)13-8-7-12(3)10-15(13)17-5/h7-8,10-11,14,16H,6,9H2,1-5H3. The van der Waals surface area contributed by atoms with Gasteiger partial charge in [-0.3, -0.25) is 0 Å². The zero-order valence-electron chi connectivity index (χ0n) is 11.7. The van der Waals surface area contributed by atoms with Crippen molar-refractivity contribution in [1.82, 2.24) is 5.32 Å². The van der Waals surface area contributed by atoms with E-state index in [1.54, 1.807) is 7.11 Å². The van der Waals surface area contributed by atoms with Crippen LogP contribution in [0.1, 0.15) is 43.9 Å². The van der Waals surface area contributed by atoms with E-state index in [-0.39, 0.29) is 0 Å². The molecule has 1 aromatic rings. The van der Waals surface area contributed by atoms with Crippen LogP contribution < -0.4 is 10.1 Å². The van der Waals surface area contributed by atoms with E-state index in [4.69, 9.17) is 4.74 Å². The minimum Gasteiger partial charge on any atom is -0.496 e. The highest BCUT2D eigenvalue weighted by atomic mass is 16.5. The molecule has 2 unspecified atom stereocenters. The molecule has 0 spiro atoms. The predicted octanol–water partition coefficient (Wildman–Crippen LogP) is 3.70. The molecule has 0 bridgehead atoms. The molecule has 2 heteroatoms. The summed E-state index contributed by atoms with van der Waals surface area (Å²) in [6.07, 6.45) is 2.36. The van der Waals surface area contributed by atoms with Crippen LogP contribution in [0.15, 0.2) is 18.2 Å². The van der Waals surface area contributed by atoms with Crippen LogP contribution in [0, 0.1) is 12.8 Å². The fourth-order valence-corrected chi connectivity index (χ4v) is 2.08. The maximum Gasteiger partial charge on any atom is 0.123 e. The average Bonchev–Trinajstić information content (AvgIpc) is 2.35. The number of ether oxygens (including phenoxy) is 1. The largest absolute Gasteiger partial charge is 0.496 e. The third-order valence-electron chi connectivity index (χ3n) is 3.45. The van der Waals surface area contributed by atoms with Gasteiger partial charge in [-0.25, -0.2) is 0 Å². The van der Waals surface area contributed by atoms with Crippen LogP contribution in [0.5, 0.6) is 5.75 Å². The first-order chi connectivity index (χ1) is 8.12. The quantitative estimate of drug-likeness (QED) is 0.811. The van der Waals surface area contributed by atoms with Gasteiger partial charge >= 0.3 is 0 Å². The minimum atomic E-state index is 0.375. The second kappa shape index (κ2) is 6.65. The number of hydrogen-bond acceptors (Lipinski definition) is 2. The van der Waals surface area contributed by atoms with Gasteiger partial charge in [0.15, 0.2) is 0 Å². The number of nitrogens with one attached hydrogen (secondary N) is 1. The van der Waals surface area contributed by atoms with E-state index in [1.165, 1.54) is 17.5 Å². The van der Waals surface area contributed by atoms with E-state index in [9.17, 15) is 0 Å². The first-order valence-electron chi connectivity index (χ1n) is 6.44. The smallest absolute Gasteiger partial charge is 0.123 e. The topological polar surface area (TPSA) is 21.3 Å². The van der Waals surface area contributed by atoms with Crippen LogP contribution >= 0.6 is 0 Å². The van der Waals surface area contributed by atoms with Crippen LogP contribution in [-0.2, 0) is 0 Å². The fourth-order valence-electron chi connectivity index (χ4n) is 2.08. The van der Waals surface area contributed by atoms with Crippen molar-refractivity contribution in [3.8, 4) is 5.75 Å². The van der Waals surface area contributed by atoms with Gasteiger partial charge in [0.05, 0.1) is 7.11 Å². The molecule has 0 aliphatic carbocycles. The molecule has 2 nitrogen and oxygen atoms in total. The van der Waals surface area contributed by atoms with Crippen molar-refractivity contribution < 1.29 is 4.74 Å². The third kappa shape index (κ3) is 3.74. The van der Waals surface area contributed by atoms with Gasteiger partial charge < -0.3 is 10.1 Å². The van der Waals surface area contributed by atoms with Gasteiger partial charge in [-0.2, -0.15) is 0 Å². The van der Waals surface area contributed by atoms with Crippen LogP contribution in [-0.4, -0.2) is 14.2 Å². The van der Waals surface area contributed by atoms with Crippen molar-refractivity contribution in [3.63, 3.8) is 0 Å². The van der Waals surface area contributed by atoms with Gasteiger partial charge in [-0.15, -0.1) is 0 Å². The van der Waals surface area contributed by atoms with Gasteiger partial charge in [0.25, 0.3) is 0 Å². The first kappa shape index (κ1) is 14.0. The summed E-state index contributed by atoms with van der Waals surface area (Å²) in [6, 6.07) is 6.81. The Morgan fingerprint density at radius 1 is 1.35 bits per heavy atom. The summed E-state index contributed by atoms with van der Waals surface area (Å²) in [6.45, 7) is 6.63. The maximum absolute atomic E-state index is 5.48. The summed E-state index contributed by atoms with van der Waals surface area (Å²) in [5, 5.41) is 3.40. The molecule has 1 N–H and O–H groups in total. The lowest BCUT2D eigenvalue weighted by molar-refractivity contribution is 0.380. The van der Waals surface area contributed by atoms with Crippen molar-refractivity contribution in [2.45, 2.75) is 39.7 Å². The molecule has 0 aliphatic rings. The number of hydrogen-bond donors (Lipinski definition) is 1. The van der Waals surface area contributed by atoms with Crippen LogP contribution in [0.3, 0.4) is 0 Å². The number of benzene rings is 1. The molecule has 0 aliphatic heterocycles. The molecule has 96 valence electrons. The van der Waals surface area contributed by atoms with E-state index < -0.39 is 0 Å². The molecule has 0 aromatic heterocycles. The van der Waals surface area contributed by atoms with E-state index >= 15 is 0 Å². The average molecular weight is 235 g/mol. The highest BCUT2D eigenvalue weighted by Crippen LogP contribution is 2.30. The van der Waals surface area contributed by atoms with E-state index in [0.717, 1.165) is 18.1 Å². The first-order valence-corrected chi connectivity index (χ1v) is 6.44. The molecule has 0 saturated heterocycles. The zero-order valence-corrected chi connectivity index (χ0v) is 11.7. The number of rotatable bonds is 6. The van der Waals surface area contributed by atoms with Gasteiger partial charge in [0.2, 0.25) is 0 Å². The Hall–Kier alpha value is -1.02. The summed E-state index contributed by atoms with van der Waals surface area (Å²) < 4.78 is 5.48. The SMILES string of the molecule is CCC(C)CC(NC)c1ccc(C)cc1OC. The molecule has 0 heterocycles. The van der Waals surface area contributed by atoms with Crippen LogP contribution in [0.25, 0.3) is 0 Å². The normalized spacial score (nSPS) is 14.4. The Morgan fingerprint density at radius 2 is 2.06 bits per heavy atom. The summed E-state index contributed by atoms with van der Waals surface area (Å²) in [4.78, 5) is 0. The van der Waals surface area contributed by atoms with Crippen molar-refractivity contribution in [2.24, 2.45) is 5.92 Å². The molecule has 17 heavy (non-hydrogen) atoms. The molecular formula is C15H25NO. The van der Waals surface area contributed by atoms with Crippen molar-refractivity contribution in [2.75, 3.05) is 14.2 Å². The Kier molecular flexibility index (Phi) is 5.49. The predicted molar refractivity (Wildman–Crippen MR) is 73.6 cm³/mol. The number of aryl methyl sites for hydroxylation is 1. The second-order valence-corrected chi connectivity index (χ2v) is 4.84. The Morgan fingerprint density at radius 3 is 2.59 bits per heavy atom. The lowest BCUT2D eigenvalue weighted by Crippen LogP contribution is -2.19. The number of methoxy groups -OCH3 is 1. The summed E-state index contributed by atoms with van der Waals surface area (Å²) in [5.41, 5.74) is 2.50. The lowest BCUT2D eigenvalue weighted by atomic mass is 9.93. The molecule has 1 aromatic carbocycles. The molecule has 0 radical (unpaired) electrons. The summed E-state index contributed by atoms with van der Waals surface area (Å²) in [5.74, 6) is 1.71. The highest BCUT2D eigenvalue weighted by molar-refractivity contribution is 5.39. The summed E-state index contributed by atoms with van der Waals surface area (Å²) >= 11 is 0. The Balaban J connectivity index is 2.94. The molecular weight excluding hydrogens is 210 g/mol. The van der Waals surface area contributed by atoms with E-state index in [2.05, 4.69) is 44.3 Å². The van der Waals surface area contributed by atoms with Gasteiger partial charge in [-0.1, -0.05) is 32.4 Å². The van der Waals surface area contributed by atoms with Crippen molar-refractivity contribution >= 4 is 0 Å². The summed E-state index contributed by atoms with van der Waals surface area (Å²) in [7, 11) is 3.76. The molecule has 0 fully saturated rings. The Bertz CT molecular complexity index is 349. The fraction of sp³-hybridized carbons (Fsp3) is 0.600. The third-order valence-corrected chi connectivity index (χ3v) is 3.45. The lowest BCUT2D eigenvalue weighted by Gasteiger charge is -2.22. The van der Waals surface area contributed by atoms with Crippen LogP contribution in [0.2, 0.25) is 0 Å². The maximum atomic E-state index is 5.48. The zero-order chi connectivity index (χ0) is 12.8. The molecule has 1 rings (SSSR count). The second-order valence-electron chi connectivity index (χ2n) is 4.84. The van der Waals surface area contributed by atoms with Gasteiger partial charge in [0.1, 0.15) is 5.75 Å². The molecule has 0 saturated carbocycles. The van der Waals surface area contributed by atoms with Gasteiger partial charge in [0, 0.05) is 11.6 Å². The molecule has 2 atom stereocenters. The minimum absolute atomic E-state index is 0.375.